The molecular weight excluding hydrogens is 1020 g/mol. The molecule has 12 rings (SSSR count). The average Bonchev–Trinajstić information content (AvgIpc) is 1.03. The van der Waals surface area contributed by atoms with Gasteiger partial charge in [-0.25, -0.2) is 13.7 Å². The number of pyridine rings is 3. The Morgan fingerprint density at radius 3 is 1.12 bits per heavy atom. The van der Waals surface area contributed by atoms with E-state index >= 15 is 0 Å². The molecule has 6 heterocycles. The molecule has 0 atom stereocenters. The lowest BCUT2D eigenvalue weighted by atomic mass is 9.47. The fourth-order valence-electron chi connectivity index (χ4n) is 15.2. The molecule has 9 aromatic rings. The predicted octanol–water partition coefficient (Wildman–Crippen LogP) is 11.9. The molecule has 0 saturated carbocycles. The highest BCUT2D eigenvalue weighted by atomic mass is 15.2. The van der Waals surface area contributed by atoms with Crippen LogP contribution in [0.25, 0.3) is 66.2 Å². The molecule has 84 heavy (non-hydrogen) atoms. The van der Waals surface area contributed by atoms with Crippen LogP contribution in [-0.2, 0) is 21.1 Å². The third kappa shape index (κ3) is 10.4. The Morgan fingerprint density at radius 2 is 0.667 bits per heavy atom. The van der Waals surface area contributed by atoms with E-state index < -0.39 is 0 Å². The average molecular weight is 1110 g/mol. The molecule has 0 N–H and O–H groups in total. The fourth-order valence-corrected chi connectivity index (χ4v) is 15.2. The van der Waals surface area contributed by atoms with E-state index in [4.69, 9.17) is 0 Å². The van der Waals surface area contributed by atoms with Gasteiger partial charge in [0.25, 0.3) is 17.5 Å². The van der Waals surface area contributed by atoms with Gasteiger partial charge in [-0.1, -0.05) is 178 Å². The molecule has 3 aliphatic heterocycles. The van der Waals surface area contributed by atoms with Crippen LogP contribution in [0.5, 0.6) is 0 Å². The van der Waals surface area contributed by atoms with Crippen LogP contribution in [0, 0.1) is 37.0 Å². The molecule has 0 saturated heterocycles. The van der Waals surface area contributed by atoms with E-state index in [9.17, 15) is 0 Å². The van der Waals surface area contributed by atoms with Crippen LogP contribution in [0.1, 0.15) is 99.8 Å². The van der Waals surface area contributed by atoms with E-state index in [2.05, 4.69) is 337 Å². The van der Waals surface area contributed by atoms with E-state index in [1.807, 2.05) is 0 Å². The van der Waals surface area contributed by atoms with Crippen LogP contribution in [0.4, 0.5) is 17.5 Å². The zero-order chi connectivity index (χ0) is 60.6. The summed E-state index contributed by atoms with van der Waals surface area (Å²) >= 11 is 0. The first-order valence-electron chi connectivity index (χ1n) is 30.6. The number of aromatic nitrogens is 3. The van der Waals surface area contributed by atoms with Crippen molar-refractivity contribution in [3.63, 3.8) is 0 Å². The maximum absolute atomic E-state index is 2.54. The minimum atomic E-state index is 0.0928. The molecule has 0 bridgehead atoms. The maximum atomic E-state index is 2.54. The molecule has 0 radical (unpaired) electrons. The quantitative estimate of drug-likeness (QED) is 0.130. The summed E-state index contributed by atoms with van der Waals surface area (Å²) in [6.45, 7) is 42.3. The molecule has 9 heteroatoms. The largest absolute Gasteiger partial charge is 0.406 e. The molecule has 3 aliphatic rings. The van der Waals surface area contributed by atoms with Gasteiger partial charge in [0.2, 0.25) is 0 Å². The normalized spacial score (nSPS) is 14.7. The predicted molar refractivity (Wildman–Crippen MR) is 365 cm³/mol. The smallest absolute Gasteiger partial charge is 0.290 e. The Morgan fingerprint density at radius 1 is 0.321 bits per heavy atom. The Hall–Kier alpha value is -7.64. The summed E-state index contributed by atoms with van der Waals surface area (Å²) < 4.78 is 7.03. The summed E-state index contributed by atoms with van der Waals surface area (Å²) in [5.74, 6) is 3.72. The van der Waals surface area contributed by atoms with Crippen molar-refractivity contribution in [3.8, 4) is 0 Å². The van der Waals surface area contributed by atoms with Crippen molar-refractivity contribution >= 4 is 104 Å². The van der Waals surface area contributed by atoms with Gasteiger partial charge in [-0.2, -0.15) is 0 Å². The fraction of sp³-hybridized carbons (Fsp3) is 0.320. The highest BCUT2D eigenvalue weighted by Gasteiger charge is 2.45. The van der Waals surface area contributed by atoms with E-state index in [0.29, 0.717) is 13.7 Å². The Bertz CT molecular complexity index is 4520. The number of aryl methyl sites for hydroxylation is 6. The van der Waals surface area contributed by atoms with Gasteiger partial charge in [-0.05, 0) is 157 Å². The number of hydrogen-bond donors (Lipinski definition) is 0. The van der Waals surface area contributed by atoms with Crippen LogP contribution in [0.15, 0.2) is 164 Å². The number of anilines is 3. The van der Waals surface area contributed by atoms with Gasteiger partial charge >= 0.3 is 20.5 Å². The molecule has 0 unspecified atom stereocenters. The summed E-state index contributed by atoms with van der Waals surface area (Å²) in [5, 5.41) is 12.2. The number of hydrogen-bond acceptors (Lipinski definition) is 3. The number of fused-ring (bicyclic) bond motifs is 6. The van der Waals surface area contributed by atoms with Gasteiger partial charge in [0.15, 0.2) is 0 Å². The molecule has 0 spiro atoms. The van der Waals surface area contributed by atoms with Crippen LogP contribution in [-0.4, -0.2) is 20.5 Å². The van der Waals surface area contributed by atoms with Crippen molar-refractivity contribution in [3.05, 3.63) is 212 Å². The molecule has 3 aromatic heterocycles. The lowest BCUT2D eigenvalue weighted by Gasteiger charge is -2.34. The van der Waals surface area contributed by atoms with Gasteiger partial charge in [0.1, 0.15) is 16.6 Å². The third-order valence-corrected chi connectivity index (χ3v) is 18.6. The SMILES string of the molecule is CB1C(C(C)(C)C)=c2ccccc2=C(C)N1c1cc(C)c2c(C)cccc2[n+]1C.CB1C(C(C)(C)C)=c2ccccc2=C(C)N1c1ccc2c(C)cccc2[n+]1C.CB1C(C(C)(C)C)=c2ccccc2=C(C)N1c1ccc2ccccc2[n+]1C. The first-order valence-corrected chi connectivity index (χ1v) is 30.6. The monoisotopic (exact) mass is 1110 g/mol. The number of para-hydroxylation sites is 1. The summed E-state index contributed by atoms with van der Waals surface area (Å²) in [4.78, 5) is 7.57. The van der Waals surface area contributed by atoms with E-state index in [0.717, 1.165) is 0 Å². The summed E-state index contributed by atoms with van der Waals surface area (Å²) in [5.41, 5.74) is 16.5. The van der Waals surface area contributed by atoms with Crippen molar-refractivity contribution in [2.45, 2.75) is 124 Å². The van der Waals surface area contributed by atoms with Crippen molar-refractivity contribution in [2.24, 2.45) is 37.4 Å². The van der Waals surface area contributed by atoms with E-state index in [1.54, 1.807) is 0 Å². The molecule has 0 fully saturated rings. The first kappa shape index (κ1) is 59.5. The zero-order valence-electron chi connectivity index (χ0n) is 54.5. The molecule has 6 aromatic carbocycles. The van der Waals surface area contributed by atoms with Gasteiger partial charge in [0.05, 0.1) is 38.2 Å². The number of benzene rings is 6. The summed E-state index contributed by atoms with van der Waals surface area (Å²) in [6.07, 6.45) is 0. The van der Waals surface area contributed by atoms with Crippen molar-refractivity contribution in [1.29, 1.82) is 0 Å². The minimum Gasteiger partial charge on any atom is -0.290 e. The van der Waals surface area contributed by atoms with Gasteiger partial charge in [-0.3, -0.25) is 14.4 Å². The van der Waals surface area contributed by atoms with Crippen molar-refractivity contribution in [2.75, 3.05) is 14.4 Å². The van der Waals surface area contributed by atoms with E-state index in [-0.39, 0.29) is 23.1 Å². The second-order valence-corrected chi connectivity index (χ2v) is 27.3. The Kier molecular flexibility index (Phi) is 15.9. The highest BCUT2D eigenvalue weighted by molar-refractivity contribution is 6.82. The molecule has 0 aliphatic carbocycles. The minimum absolute atomic E-state index is 0.0928. The van der Waals surface area contributed by atoms with Crippen molar-refractivity contribution in [1.82, 2.24) is 0 Å². The standard InChI is InChI=1S/C26H32BN2.C25H30BN2.C24H28BN2/c1-17-12-11-15-22-24(17)18(2)16-23(28(22)8)29-19(3)20-13-9-10-14-21(20)25(27(29)7)26(4,5)6;1-17-11-10-14-22-19(17)15-16-23(27(22)7)28-18(2)20-12-8-9-13-21(20)24(26(28)6)25(3,4)5;1-17-19-12-8-9-13-20(19)23(24(2,3)4)25(5)27(17)22-16-15-18-11-7-10-14-21(18)26(22)6/h9-16H,1-8H3;8-16H,1-7H3;7-16H,1-6H3/q3*+1. The van der Waals surface area contributed by atoms with Crippen LogP contribution in [0.3, 0.4) is 0 Å². The first-order chi connectivity index (χ1) is 39.6. The second kappa shape index (κ2) is 22.4. The number of nitrogens with zero attached hydrogens (tertiary/aromatic N) is 6. The lowest BCUT2D eigenvalue weighted by molar-refractivity contribution is -0.631. The van der Waals surface area contributed by atoms with Crippen molar-refractivity contribution < 1.29 is 13.7 Å². The van der Waals surface area contributed by atoms with Crippen LogP contribution < -0.4 is 59.4 Å². The molecular formula is C75H90B3N6+3. The lowest BCUT2D eigenvalue weighted by Crippen LogP contribution is -2.55. The van der Waals surface area contributed by atoms with Crippen LogP contribution >= 0.6 is 0 Å². The molecule has 426 valence electrons. The Labute approximate surface area is 503 Å². The maximum Gasteiger partial charge on any atom is 0.406 e. The summed E-state index contributed by atoms with van der Waals surface area (Å²) in [6, 6.07) is 59.8. The Balaban J connectivity index is 0.000000140. The zero-order valence-corrected chi connectivity index (χ0v) is 54.5. The number of rotatable bonds is 3. The molecule has 0 amide bonds. The van der Waals surface area contributed by atoms with Crippen LogP contribution in [0.2, 0.25) is 20.5 Å². The molecule has 6 nitrogen and oxygen atoms in total. The van der Waals surface area contributed by atoms with Gasteiger partial charge in [-0.15, -0.1) is 0 Å². The summed E-state index contributed by atoms with van der Waals surface area (Å²) in [7, 11) is 6.57. The van der Waals surface area contributed by atoms with E-state index in [1.165, 1.54) is 132 Å². The topological polar surface area (TPSA) is 21.4 Å². The highest BCUT2D eigenvalue weighted by Crippen LogP contribution is 2.37. The third-order valence-electron chi connectivity index (χ3n) is 18.6. The second-order valence-electron chi connectivity index (χ2n) is 27.3. The van der Waals surface area contributed by atoms with Gasteiger partial charge in [0, 0.05) is 50.0 Å². The van der Waals surface area contributed by atoms with Gasteiger partial charge < -0.3 is 0 Å².